The van der Waals surface area contributed by atoms with Crippen LogP contribution in [0.5, 0.6) is 5.75 Å². The Hall–Kier alpha value is -4.49. The van der Waals surface area contributed by atoms with E-state index in [1.807, 2.05) is 19.1 Å². The third-order valence-electron chi connectivity index (χ3n) is 7.29. The van der Waals surface area contributed by atoms with E-state index in [4.69, 9.17) is 14.5 Å². The Kier molecular flexibility index (Phi) is 8.92. The number of fused-ring (bicyclic) bond motifs is 1. The van der Waals surface area contributed by atoms with Crippen molar-refractivity contribution < 1.29 is 27.4 Å². The molecular weight excluding hydrogens is 563 g/mol. The summed E-state index contributed by atoms with van der Waals surface area (Å²) < 4.78 is 50.4. The van der Waals surface area contributed by atoms with Gasteiger partial charge in [-0.1, -0.05) is 6.07 Å². The van der Waals surface area contributed by atoms with E-state index in [9.17, 15) is 18.0 Å². The third kappa shape index (κ3) is 6.95. The minimum Gasteiger partial charge on any atom is -0.496 e. The molecule has 1 amide bonds. The number of carbonyl (C=O) groups is 1. The van der Waals surface area contributed by atoms with Crippen molar-refractivity contribution in [3.63, 3.8) is 0 Å². The first kappa shape index (κ1) is 30.0. The summed E-state index contributed by atoms with van der Waals surface area (Å²) in [4.78, 5) is 31.3. The number of aryl methyl sites for hydroxylation is 1. The molecule has 2 aromatic heterocycles. The first-order valence-corrected chi connectivity index (χ1v) is 13.7. The van der Waals surface area contributed by atoms with Crippen LogP contribution in [0, 0.1) is 6.92 Å². The molecule has 5 rings (SSSR count). The zero-order valence-corrected chi connectivity index (χ0v) is 24.0. The number of benzene rings is 2. The van der Waals surface area contributed by atoms with Crippen LogP contribution in [0.4, 0.5) is 36.2 Å². The van der Waals surface area contributed by atoms with Crippen LogP contribution < -0.4 is 20.3 Å². The molecule has 0 saturated carbocycles. The lowest BCUT2D eigenvalue weighted by Crippen LogP contribution is -2.47. The molecule has 13 heteroatoms. The molecule has 0 aliphatic carbocycles. The van der Waals surface area contributed by atoms with Crippen LogP contribution in [0.2, 0.25) is 0 Å². The van der Waals surface area contributed by atoms with Crippen molar-refractivity contribution in [2.75, 3.05) is 69.1 Å². The van der Waals surface area contributed by atoms with Gasteiger partial charge >= 0.3 is 6.18 Å². The van der Waals surface area contributed by atoms with Gasteiger partial charge in [0.05, 0.1) is 24.8 Å². The number of hydrogen-bond acceptors (Lipinski definition) is 9. The summed E-state index contributed by atoms with van der Waals surface area (Å²) >= 11 is 0. The summed E-state index contributed by atoms with van der Waals surface area (Å²) in [5.74, 6) is 0.389. The number of ether oxygens (including phenoxy) is 2. The minimum absolute atomic E-state index is 0.00809. The van der Waals surface area contributed by atoms with Crippen LogP contribution >= 0.6 is 0 Å². The maximum Gasteiger partial charge on any atom is 0.420 e. The molecule has 43 heavy (non-hydrogen) atoms. The maximum atomic E-state index is 13.5. The number of halogens is 3. The molecule has 0 radical (unpaired) electrons. The van der Waals surface area contributed by atoms with Crippen molar-refractivity contribution in [3.8, 4) is 5.75 Å². The largest absolute Gasteiger partial charge is 0.496 e. The number of anilines is 4. The number of carbonyl (C=O) groups excluding carboxylic acids is 1. The second-order valence-electron chi connectivity index (χ2n) is 10.1. The zero-order valence-electron chi connectivity index (χ0n) is 24.0. The van der Waals surface area contributed by atoms with E-state index >= 15 is 0 Å². The van der Waals surface area contributed by atoms with Gasteiger partial charge in [0, 0.05) is 56.8 Å². The average Bonchev–Trinajstić information content (AvgIpc) is 3.00. The van der Waals surface area contributed by atoms with Crippen LogP contribution in [-0.4, -0.2) is 79.3 Å². The maximum absolute atomic E-state index is 13.5. The van der Waals surface area contributed by atoms with Crippen LogP contribution in [0.1, 0.15) is 21.5 Å². The lowest BCUT2D eigenvalue weighted by molar-refractivity contribution is -0.138. The Balaban J connectivity index is 1.35. The molecule has 1 aliphatic rings. The second-order valence-corrected chi connectivity index (χ2v) is 10.1. The van der Waals surface area contributed by atoms with E-state index in [0.717, 1.165) is 57.3 Å². The third-order valence-corrected chi connectivity index (χ3v) is 7.29. The van der Waals surface area contributed by atoms with Crippen LogP contribution in [0.25, 0.3) is 11.0 Å². The van der Waals surface area contributed by atoms with Crippen LogP contribution in [0.3, 0.4) is 0 Å². The Labute approximate surface area is 246 Å². The van der Waals surface area contributed by atoms with E-state index in [-0.39, 0.29) is 17.0 Å². The SMILES string of the molecule is COCCN1CCN(c2ccc3ncnc(Nc4cc(C(=O)Nc5ccc(OC)c(C(F)(F)F)c5)ccc4C)c3n2)CC1. The number of aromatic nitrogens is 3. The van der Waals surface area contributed by atoms with Gasteiger partial charge in [-0.05, 0) is 55.0 Å². The second kappa shape index (κ2) is 12.8. The number of rotatable bonds is 9. The fraction of sp³-hybridized carbons (Fsp3) is 0.333. The number of amides is 1. The number of hydrogen-bond donors (Lipinski definition) is 2. The van der Waals surface area contributed by atoms with Crippen molar-refractivity contribution in [1.29, 1.82) is 0 Å². The Morgan fingerprint density at radius 1 is 1.00 bits per heavy atom. The van der Waals surface area contributed by atoms with Gasteiger partial charge in [0.15, 0.2) is 5.82 Å². The monoisotopic (exact) mass is 595 g/mol. The van der Waals surface area contributed by atoms with Gasteiger partial charge in [0.1, 0.15) is 23.4 Å². The van der Waals surface area contributed by atoms with Gasteiger partial charge < -0.3 is 25.0 Å². The lowest BCUT2D eigenvalue weighted by atomic mass is 10.1. The molecular formula is C30H32F3N7O3. The van der Waals surface area contributed by atoms with Crippen molar-refractivity contribution in [3.05, 3.63) is 71.5 Å². The molecule has 0 unspecified atom stereocenters. The van der Waals surface area contributed by atoms with Gasteiger partial charge in [-0.2, -0.15) is 13.2 Å². The molecule has 1 fully saturated rings. The van der Waals surface area contributed by atoms with Crippen molar-refractivity contribution >= 4 is 40.0 Å². The number of nitrogens with one attached hydrogen (secondary N) is 2. The molecule has 226 valence electrons. The predicted molar refractivity (Wildman–Crippen MR) is 158 cm³/mol. The number of pyridine rings is 1. The molecule has 0 atom stereocenters. The molecule has 0 bridgehead atoms. The summed E-state index contributed by atoms with van der Waals surface area (Å²) in [5, 5.41) is 5.82. The zero-order chi connectivity index (χ0) is 30.6. The summed E-state index contributed by atoms with van der Waals surface area (Å²) in [6.07, 6.45) is -3.20. The van der Waals surface area contributed by atoms with Gasteiger partial charge in [-0.3, -0.25) is 9.69 Å². The summed E-state index contributed by atoms with van der Waals surface area (Å²) in [5.41, 5.74) is 1.92. The highest BCUT2D eigenvalue weighted by Gasteiger charge is 2.34. The molecule has 4 aromatic rings. The quantitative estimate of drug-likeness (QED) is 0.273. The topological polar surface area (TPSA) is 105 Å². The average molecular weight is 596 g/mol. The predicted octanol–water partition coefficient (Wildman–Crippen LogP) is 5.12. The fourth-order valence-corrected chi connectivity index (χ4v) is 4.85. The highest BCUT2D eigenvalue weighted by Crippen LogP contribution is 2.38. The van der Waals surface area contributed by atoms with Gasteiger partial charge in [0.2, 0.25) is 0 Å². The highest BCUT2D eigenvalue weighted by molar-refractivity contribution is 6.05. The number of piperazine rings is 1. The normalized spacial score (nSPS) is 14.1. The Morgan fingerprint density at radius 3 is 2.51 bits per heavy atom. The van der Waals surface area contributed by atoms with Crippen LogP contribution in [0.15, 0.2) is 54.9 Å². The minimum atomic E-state index is -4.64. The molecule has 3 heterocycles. The first-order valence-electron chi connectivity index (χ1n) is 13.7. The van der Waals surface area contributed by atoms with Crippen molar-refractivity contribution in [1.82, 2.24) is 19.9 Å². The van der Waals surface area contributed by atoms with Crippen molar-refractivity contribution in [2.24, 2.45) is 0 Å². The van der Waals surface area contributed by atoms with E-state index in [0.29, 0.717) is 29.1 Å². The van der Waals surface area contributed by atoms with E-state index in [2.05, 4.69) is 30.4 Å². The van der Waals surface area contributed by atoms with Gasteiger partial charge in [-0.25, -0.2) is 15.0 Å². The first-order chi connectivity index (χ1) is 20.7. The summed E-state index contributed by atoms with van der Waals surface area (Å²) in [7, 11) is 2.86. The van der Waals surface area contributed by atoms with E-state index in [1.165, 1.54) is 18.5 Å². The molecule has 1 aliphatic heterocycles. The van der Waals surface area contributed by atoms with Gasteiger partial charge in [0.25, 0.3) is 5.91 Å². The molecule has 2 N–H and O–H groups in total. The Morgan fingerprint density at radius 2 is 1.79 bits per heavy atom. The highest BCUT2D eigenvalue weighted by atomic mass is 19.4. The Bertz CT molecular complexity index is 1610. The smallest absolute Gasteiger partial charge is 0.420 e. The molecule has 10 nitrogen and oxygen atoms in total. The van der Waals surface area contributed by atoms with Crippen LogP contribution in [-0.2, 0) is 10.9 Å². The lowest BCUT2D eigenvalue weighted by Gasteiger charge is -2.35. The molecule has 1 saturated heterocycles. The van der Waals surface area contributed by atoms with Gasteiger partial charge in [-0.15, -0.1) is 0 Å². The number of alkyl halides is 3. The summed E-state index contributed by atoms with van der Waals surface area (Å²) in [6, 6.07) is 12.2. The fourth-order valence-electron chi connectivity index (χ4n) is 4.85. The van der Waals surface area contributed by atoms with Crippen molar-refractivity contribution in [2.45, 2.75) is 13.1 Å². The standard InChI is InChI=1S/C30H32F3N7O3/c1-19-4-5-20(29(41)36-21-6-8-25(43-3)22(17-21)30(31,32)33)16-24(19)37-28-27-23(34-18-35-28)7-9-26(38-27)40-12-10-39(11-13-40)14-15-42-2/h4-9,16-18H,10-15H2,1-3H3,(H,36,41)(H,34,35,37). The molecule has 0 spiro atoms. The number of nitrogens with zero attached hydrogens (tertiary/aromatic N) is 5. The van der Waals surface area contributed by atoms with E-state index in [1.54, 1.807) is 25.3 Å². The molecule has 2 aromatic carbocycles. The van der Waals surface area contributed by atoms with E-state index < -0.39 is 17.6 Å². The number of methoxy groups -OCH3 is 2. The summed E-state index contributed by atoms with van der Waals surface area (Å²) in [6.45, 7) is 6.92.